The van der Waals surface area contributed by atoms with Crippen LogP contribution in [0.4, 0.5) is 0 Å². The summed E-state index contributed by atoms with van der Waals surface area (Å²) >= 11 is 0. The van der Waals surface area contributed by atoms with Crippen molar-refractivity contribution in [1.29, 1.82) is 0 Å². The van der Waals surface area contributed by atoms with Gasteiger partial charge in [-0.05, 0) is 24.6 Å². The second kappa shape index (κ2) is 6.77. The predicted molar refractivity (Wildman–Crippen MR) is 82.4 cm³/mol. The zero-order valence-electron chi connectivity index (χ0n) is 12.7. The number of benzene rings is 1. The highest BCUT2D eigenvalue weighted by atomic mass is 16.6. The zero-order valence-corrected chi connectivity index (χ0v) is 12.7. The van der Waals surface area contributed by atoms with Crippen molar-refractivity contribution in [2.75, 3.05) is 20.3 Å². The molecule has 22 heavy (non-hydrogen) atoms. The van der Waals surface area contributed by atoms with E-state index in [9.17, 15) is 0 Å². The Kier molecular flexibility index (Phi) is 4.56. The lowest BCUT2D eigenvalue weighted by Gasteiger charge is -2.08. The number of epoxide rings is 1. The van der Waals surface area contributed by atoms with Gasteiger partial charge >= 0.3 is 0 Å². The van der Waals surface area contributed by atoms with E-state index in [4.69, 9.17) is 18.7 Å². The summed E-state index contributed by atoms with van der Waals surface area (Å²) in [4.78, 5) is 0. The molecule has 0 saturated carbocycles. The maximum atomic E-state index is 5.81. The van der Waals surface area contributed by atoms with Crippen LogP contribution in [0.2, 0.25) is 0 Å². The number of para-hydroxylation sites is 1. The van der Waals surface area contributed by atoms with Gasteiger partial charge in [-0.15, -0.1) is 0 Å². The molecule has 0 bridgehead atoms. The minimum Gasteiger partial charge on any atom is -0.490 e. The van der Waals surface area contributed by atoms with Crippen LogP contribution in [0.25, 0.3) is 11.6 Å². The van der Waals surface area contributed by atoms with Crippen molar-refractivity contribution >= 4 is 11.6 Å². The largest absolute Gasteiger partial charge is 0.490 e. The zero-order chi connectivity index (χ0) is 15.4. The van der Waals surface area contributed by atoms with Gasteiger partial charge in [0, 0.05) is 18.7 Å². The minimum atomic E-state index is 0.240. The van der Waals surface area contributed by atoms with Crippen molar-refractivity contribution in [2.45, 2.75) is 19.6 Å². The fourth-order valence-corrected chi connectivity index (χ4v) is 2.10. The fraction of sp³-hybridized carbons (Fsp3) is 0.353. The Labute approximate surface area is 129 Å². The van der Waals surface area contributed by atoms with Crippen molar-refractivity contribution < 1.29 is 18.7 Å². The lowest BCUT2D eigenvalue weighted by molar-refractivity contribution is 0.177. The number of nitrogens with zero attached hydrogens (tertiary/aromatic N) is 1. The van der Waals surface area contributed by atoms with Crippen LogP contribution in [0.15, 0.2) is 34.9 Å². The molecule has 1 saturated heterocycles. The molecule has 1 fully saturated rings. The van der Waals surface area contributed by atoms with Crippen molar-refractivity contribution in [1.82, 2.24) is 5.16 Å². The predicted octanol–water partition coefficient (Wildman–Crippen LogP) is 3.16. The van der Waals surface area contributed by atoms with Gasteiger partial charge in [0.2, 0.25) is 0 Å². The molecule has 0 N–H and O–H groups in total. The van der Waals surface area contributed by atoms with Crippen LogP contribution < -0.4 is 4.74 Å². The van der Waals surface area contributed by atoms with Gasteiger partial charge in [-0.1, -0.05) is 23.4 Å². The number of methoxy groups -OCH3 is 1. The van der Waals surface area contributed by atoms with E-state index in [1.165, 1.54) is 0 Å². The fourth-order valence-electron chi connectivity index (χ4n) is 2.10. The molecule has 2 heterocycles. The van der Waals surface area contributed by atoms with E-state index in [0.29, 0.717) is 13.2 Å². The molecule has 0 radical (unpaired) electrons. The first-order valence-corrected chi connectivity index (χ1v) is 7.23. The second-order valence-corrected chi connectivity index (χ2v) is 5.25. The first kappa shape index (κ1) is 14.8. The van der Waals surface area contributed by atoms with Crippen LogP contribution in [0, 0.1) is 0 Å². The van der Waals surface area contributed by atoms with Crippen LogP contribution in [0.5, 0.6) is 5.75 Å². The van der Waals surface area contributed by atoms with Crippen LogP contribution >= 0.6 is 0 Å². The van der Waals surface area contributed by atoms with E-state index < -0.39 is 0 Å². The van der Waals surface area contributed by atoms with E-state index in [0.717, 1.165) is 34.9 Å². The van der Waals surface area contributed by atoms with E-state index >= 15 is 0 Å². The summed E-state index contributed by atoms with van der Waals surface area (Å²) in [7, 11) is 1.63. The average Bonchev–Trinajstić information content (AvgIpc) is 3.24. The quantitative estimate of drug-likeness (QED) is 0.735. The van der Waals surface area contributed by atoms with E-state index in [-0.39, 0.29) is 6.10 Å². The molecule has 0 aliphatic carbocycles. The topological polar surface area (TPSA) is 57.0 Å². The standard InChI is InChI=1S/C17H19NO4/c1-12(17-8-14(9-19-2)18-22-17)7-13-5-3-4-6-16(13)21-11-15-10-20-15/h3-8,15H,9-11H2,1-2H3/b12-7-. The third-order valence-electron chi connectivity index (χ3n) is 3.36. The van der Waals surface area contributed by atoms with Crippen LogP contribution in [-0.4, -0.2) is 31.6 Å². The highest BCUT2D eigenvalue weighted by Crippen LogP contribution is 2.26. The summed E-state index contributed by atoms with van der Waals surface area (Å²) in [5.41, 5.74) is 2.76. The molecular weight excluding hydrogens is 282 g/mol. The Balaban J connectivity index is 1.76. The first-order valence-electron chi connectivity index (χ1n) is 7.23. The van der Waals surface area contributed by atoms with Gasteiger partial charge in [-0.25, -0.2) is 0 Å². The molecule has 1 unspecified atom stereocenters. The molecule has 1 aromatic carbocycles. The monoisotopic (exact) mass is 301 g/mol. The van der Waals surface area contributed by atoms with E-state index in [1.54, 1.807) is 7.11 Å². The highest BCUT2D eigenvalue weighted by Gasteiger charge is 2.23. The van der Waals surface area contributed by atoms with Crippen LogP contribution in [0.3, 0.4) is 0 Å². The smallest absolute Gasteiger partial charge is 0.162 e. The summed E-state index contributed by atoms with van der Waals surface area (Å²) in [6.07, 6.45) is 2.27. The third-order valence-corrected chi connectivity index (χ3v) is 3.36. The highest BCUT2D eigenvalue weighted by molar-refractivity contribution is 5.79. The van der Waals surface area contributed by atoms with E-state index in [1.807, 2.05) is 43.3 Å². The van der Waals surface area contributed by atoms with Gasteiger partial charge in [0.15, 0.2) is 5.76 Å². The maximum absolute atomic E-state index is 5.81. The number of hydrogen-bond donors (Lipinski definition) is 0. The molecule has 116 valence electrons. The Hall–Kier alpha value is -2.11. The summed E-state index contributed by atoms with van der Waals surface area (Å²) in [5, 5.41) is 3.97. The minimum absolute atomic E-state index is 0.240. The Morgan fingerprint density at radius 2 is 2.23 bits per heavy atom. The van der Waals surface area contributed by atoms with Gasteiger partial charge in [-0.3, -0.25) is 0 Å². The van der Waals surface area contributed by atoms with Crippen molar-refractivity contribution in [3.8, 4) is 5.75 Å². The SMILES string of the molecule is COCc1cc(/C(C)=C\c2ccccc2OCC2CO2)on1. The van der Waals surface area contributed by atoms with Crippen molar-refractivity contribution in [2.24, 2.45) is 0 Å². The third kappa shape index (κ3) is 3.75. The molecular formula is C17H19NO4. The average molecular weight is 301 g/mol. The normalized spacial score (nSPS) is 17.5. The Bertz CT molecular complexity index is 658. The number of aromatic nitrogens is 1. The number of rotatable bonds is 7. The molecule has 3 rings (SSSR count). The number of allylic oxidation sites excluding steroid dienone is 1. The van der Waals surface area contributed by atoms with Gasteiger partial charge in [0.1, 0.15) is 24.2 Å². The molecule has 1 atom stereocenters. The Morgan fingerprint density at radius 1 is 1.41 bits per heavy atom. The lowest BCUT2D eigenvalue weighted by atomic mass is 10.1. The summed E-state index contributed by atoms with van der Waals surface area (Å²) in [6, 6.07) is 9.80. The molecule has 5 heteroatoms. The van der Waals surface area contributed by atoms with Crippen LogP contribution in [0.1, 0.15) is 23.9 Å². The van der Waals surface area contributed by atoms with Crippen molar-refractivity contribution in [3.05, 3.63) is 47.3 Å². The molecule has 1 aromatic heterocycles. The molecule has 1 aliphatic rings. The van der Waals surface area contributed by atoms with Gasteiger partial charge < -0.3 is 18.7 Å². The van der Waals surface area contributed by atoms with Gasteiger partial charge in [-0.2, -0.15) is 0 Å². The van der Waals surface area contributed by atoms with Gasteiger partial charge in [0.25, 0.3) is 0 Å². The molecule has 1 aliphatic heterocycles. The molecule has 2 aromatic rings. The van der Waals surface area contributed by atoms with Crippen LogP contribution in [-0.2, 0) is 16.1 Å². The summed E-state index contributed by atoms with van der Waals surface area (Å²) < 4.78 is 21.4. The summed E-state index contributed by atoms with van der Waals surface area (Å²) in [5.74, 6) is 1.57. The lowest BCUT2D eigenvalue weighted by Crippen LogP contribution is -2.04. The molecule has 0 spiro atoms. The number of hydrogen-bond acceptors (Lipinski definition) is 5. The molecule has 0 amide bonds. The molecule has 5 nitrogen and oxygen atoms in total. The summed E-state index contributed by atoms with van der Waals surface area (Å²) in [6.45, 7) is 3.80. The second-order valence-electron chi connectivity index (χ2n) is 5.25. The first-order chi connectivity index (χ1) is 10.8. The Morgan fingerprint density at radius 3 is 3.00 bits per heavy atom. The van der Waals surface area contributed by atoms with Gasteiger partial charge in [0.05, 0.1) is 13.2 Å². The van der Waals surface area contributed by atoms with E-state index in [2.05, 4.69) is 5.16 Å². The maximum Gasteiger partial charge on any atom is 0.162 e. The number of ether oxygens (including phenoxy) is 3. The van der Waals surface area contributed by atoms with Crippen molar-refractivity contribution in [3.63, 3.8) is 0 Å².